The van der Waals surface area contributed by atoms with Crippen LogP contribution < -0.4 is 10.6 Å². The highest BCUT2D eigenvalue weighted by molar-refractivity contribution is 6.30. The third kappa shape index (κ3) is 3.76. The predicted molar refractivity (Wildman–Crippen MR) is 93.1 cm³/mol. The molecule has 2 N–H and O–H groups in total. The zero-order valence-electron chi connectivity index (χ0n) is 13.9. The maximum Gasteiger partial charge on any atom is 0.274 e. The summed E-state index contributed by atoms with van der Waals surface area (Å²) in [4.78, 5) is 12.5. The molecule has 7 heteroatoms. The largest absolute Gasteiger partial charge is 0.342 e. The summed E-state index contributed by atoms with van der Waals surface area (Å²) in [6.45, 7) is 5.81. The Morgan fingerprint density at radius 2 is 2.12 bits per heavy atom. The maximum absolute atomic E-state index is 12.5. The van der Waals surface area contributed by atoms with Crippen LogP contribution in [0.5, 0.6) is 0 Å². The van der Waals surface area contributed by atoms with Crippen LogP contribution in [0.2, 0.25) is 5.02 Å². The van der Waals surface area contributed by atoms with E-state index in [2.05, 4.69) is 20.9 Å². The summed E-state index contributed by atoms with van der Waals surface area (Å²) in [7, 11) is 0. The molecule has 0 atom stereocenters. The average molecular weight is 348 g/mol. The van der Waals surface area contributed by atoms with E-state index in [4.69, 9.17) is 11.6 Å². The molecule has 1 aliphatic heterocycles. The molecule has 2 heterocycles. The second-order valence-corrected chi connectivity index (χ2v) is 7.09. The highest BCUT2D eigenvalue weighted by atomic mass is 35.5. The average Bonchev–Trinajstić information content (AvgIpc) is 3.05. The van der Waals surface area contributed by atoms with Crippen molar-refractivity contribution in [3.05, 3.63) is 46.7 Å². The molecule has 0 radical (unpaired) electrons. The lowest BCUT2D eigenvalue weighted by molar-refractivity contribution is 0.0906. The summed E-state index contributed by atoms with van der Waals surface area (Å²) in [5, 5.41) is 15.1. The molecule has 1 aromatic heterocycles. The minimum atomic E-state index is -0.555. The first-order chi connectivity index (χ1) is 11.5. The van der Waals surface area contributed by atoms with Gasteiger partial charge in [0.15, 0.2) is 5.69 Å². The van der Waals surface area contributed by atoms with Gasteiger partial charge in [0.1, 0.15) is 0 Å². The molecule has 0 bridgehead atoms. The van der Waals surface area contributed by atoms with E-state index in [1.165, 1.54) is 0 Å². The van der Waals surface area contributed by atoms with Gasteiger partial charge in [-0.3, -0.25) is 4.79 Å². The number of nitrogens with one attached hydrogen (secondary N) is 2. The molecule has 2 aromatic rings. The predicted octanol–water partition coefficient (Wildman–Crippen LogP) is 2.52. The second kappa shape index (κ2) is 6.91. The fourth-order valence-electron chi connectivity index (χ4n) is 2.93. The topological polar surface area (TPSA) is 71.8 Å². The Morgan fingerprint density at radius 1 is 1.38 bits per heavy atom. The summed E-state index contributed by atoms with van der Waals surface area (Å²) in [5.74, 6) is -0.236. The van der Waals surface area contributed by atoms with Crippen molar-refractivity contribution in [1.82, 2.24) is 25.6 Å². The molecule has 1 aromatic carbocycles. The molecule has 1 saturated heterocycles. The third-order valence-corrected chi connectivity index (χ3v) is 4.63. The maximum atomic E-state index is 12.5. The minimum absolute atomic E-state index is 0.236. The Morgan fingerprint density at radius 3 is 2.83 bits per heavy atom. The number of halogens is 1. The van der Waals surface area contributed by atoms with Crippen molar-refractivity contribution in [2.45, 2.75) is 38.3 Å². The molecule has 0 spiro atoms. The highest BCUT2D eigenvalue weighted by Crippen LogP contribution is 2.23. The van der Waals surface area contributed by atoms with Crippen LogP contribution >= 0.6 is 11.6 Å². The molecule has 3 rings (SSSR count). The number of amides is 1. The molecule has 24 heavy (non-hydrogen) atoms. The lowest BCUT2D eigenvalue weighted by Gasteiger charge is -2.26. The van der Waals surface area contributed by atoms with Gasteiger partial charge < -0.3 is 10.6 Å². The molecular formula is C17H22ClN5O. The summed E-state index contributed by atoms with van der Waals surface area (Å²) >= 11 is 6.05. The van der Waals surface area contributed by atoms with Crippen molar-refractivity contribution in [3.63, 3.8) is 0 Å². The van der Waals surface area contributed by atoms with Gasteiger partial charge in [-0.15, -0.1) is 5.10 Å². The van der Waals surface area contributed by atoms with E-state index in [0.717, 1.165) is 31.5 Å². The fourth-order valence-corrected chi connectivity index (χ4v) is 3.12. The molecule has 1 aliphatic rings. The van der Waals surface area contributed by atoms with Crippen molar-refractivity contribution >= 4 is 17.5 Å². The summed E-state index contributed by atoms with van der Waals surface area (Å²) in [6.07, 6.45) is 3.73. The van der Waals surface area contributed by atoms with Gasteiger partial charge in [-0.1, -0.05) is 28.9 Å². The minimum Gasteiger partial charge on any atom is -0.342 e. The second-order valence-electron chi connectivity index (χ2n) is 6.65. The van der Waals surface area contributed by atoms with E-state index in [9.17, 15) is 4.79 Å². The lowest BCUT2D eigenvalue weighted by Crippen LogP contribution is -2.41. The SMILES string of the molecule is CC(C)(NC(=O)c1cn(C2CCNCC2)nn1)c1cccc(Cl)c1. The number of carbonyl (C=O) groups excluding carboxylic acids is 1. The van der Waals surface area contributed by atoms with Crippen LogP contribution in [0.4, 0.5) is 0 Å². The van der Waals surface area contributed by atoms with Crippen LogP contribution in [0.25, 0.3) is 0 Å². The molecule has 1 amide bonds. The number of carbonyl (C=O) groups is 1. The van der Waals surface area contributed by atoms with Crippen molar-refractivity contribution in [3.8, 4) is 0 Å². The number of nitrogens with zero attached hydrogens (tertiary/aromatic N) is 3. The van der Waals surface area contributed by atoms with Gasteiger partial charge in [-0.05, 0) is 57.5 Å². The van der Waals surface area contributed by atoms with Gasteiger partial charge in [0, 0.05) is 5.02 Å². The number of hydrogen-bond donors (Lipinski definition) is 2. The van der Waals surface area contributed by atoms with Gasteiger partial charge >= 0.3 is 0 Å². The molecule has 1 fully saturated rings. The van der Waals surface area contributed by atoms with Gasteiger partial charge in [-0.25, -0.2) is 4.68 Å². The number of piperidine rings is 1. The Bertz CT molecular complexity index is 721. The first kappa shape index (κ1) is 16.9. The highest BCUT2D eigenvalue weighted by Gasteiger charge is 2.26. The Kier molecular flexibility index (Phi) is 4.87. The first-order valence-corrected chi connectivity index (χ1v) is 8.54. The molecule has 6 nitrogen and oxygen atoms in total. The van der Waals surface area contributed by atoms with Crippen LogP contribution in [0.3, 0.4) is 0 Å². The smallest absolute Gasteiger partial charge is 0.274 e. The van der Waals surface area contributed by atoms with Gasteiger partial charge in [0.25, 0.3) is 5.91 Å². The van der Waals surface area contributed by atoms with E-state index in [0.29, 0.717) is 16.8 Å². The summed E-state index contributed by atoms with van der Waals surface area (Å²) in [5.41, 5.74) is 0.721. The Balaban J connectivity index is 1.71. The van der Waals surface area contributed by atoms with Crippen LogP contribution in [0.1, 0.15) is 48.8 Å². The van der Waals surface area contributed by atoms with Crippen LogP contribution in [-0.2, 0) is 5.54 Å². The van der Waals surface area contributed by atoms with Gasteiger partial charge in [0.05, 0.1) is 17.8 Å². The number of aromatic nitrogens is 3. The standard InChI is InChI=1S/C17H22ClN5O/c1-17(2,12-4-3-5-13(18)10-12)20-16(24)15-11-23(22-21-15)14-6-8-19-9-7-14/h3-5,10-11,14,19H,6-9H2,1-2H3,(H,20,24). The van der Waals surface area contributed by atoms with Crippen LogP contribution in [-0.4, -0.2) is 34.0 Å². The Hall–Kier alpha value is -1.92. The number of rotatable bonds is 4. The lowest BCUT2D eigenvalue weighted by atomic mass is 9.94. The molecule has 0 unspecified atom stereocenters. The number of benzene rings is 1. The zero-order valence-corrected chi connectivity index (χ0v) is 14.7. The van der Waals surface area contributed by atoms with Crippen molar-refractivity contribution in [2.24, 2.45) is 0 Å². The van der Waals surface area contributed by atoms with Crippen molar-refractivity contribution in [1.29, 1.82) is 0 Å². The van der Waals surface area contributed by atoms with E-state index in [1.807, 2.05) is 42.8 Å². The molecule has 0 aliphatic carbocycles. The molecule has 0 saturated carbocycles. The van der Waals surface area contributed by atoms with Crippen LogP contribution in [0, 0.1) is 0 Å². The van der Waals surface area contributed by atoms with Gasteiger partial charge in [-0.2, -0.15) is 0 Å². The molecular weight excluding hydrogens is 326 g/mol. The van der Waals surface area contributed by atoms with E-state index in [1.54, 1.807) is 6.20 Å². The van der Waals surface area contributed by atoms with Crippen LogP contribution in [0.15, 0.2) is 30.5 Å². The Labute approximate surface area is 146 Å². The summed E-state index contributed by atoms with van der Waals surface area (Å²) < 4.78 is 1.81. The van der Waals surface area contributed by atoms with E-state index in [-0.39, 0.29) is 5.91 Å². The summed E-state index contributed by atoms with van der Waals surface area (Å²) in [6, 6.07) is 7.79. The third-order valence-electron chi connectivity index (χ3n) is 4.40. The monoisotopic (exact) mass is 347 g/mol. The number of hydrogen-bond acceptors (Lipinski definition) is 4. The zero-order chi connectivity index (χ0) is 17.2. The fraction of sp³-hybridized carbons (Fsp3) is 0.471. The van der Waals surface area contributed by atoms with Crippen molar-refractivity contribution < 1.29 is 4.79 Å². The first-order valence-electron chi connectivity index (χ1n) is 8.17. The van der Waals surface area contributed by atoms with E-state index >= 15 is 0 Å². The molecule has 128 valence electrons. The van der Waals surface area contributed by atoms with Gasteiger partial charge in [0.2, 0.25) is 0 Å². The normalized spacial score (nSPS) is 16.1. The van der Waals surface area contributed by atoms with Crippen molar-refractivity contribution in [2.75, 3.05) is 13.1 Å². The quantitative estimate of drug-likeness (QED) is 0.891. The van der Waals surface area contributed by atoms with E-state index < -0.39 is 5.54 Å².